The zero-order chi connectivity index (χ0) is 71.8. The highest BCUT2D eigenvalue weighted by molar-refractivity contribution is 7.88. The molecule has 0 radical (unpaired) electrons. The Bertz CT molecular complexity index is 4660. The highest BCUT2D eigenvalue weighted by Gasteiger charge is 2.55. The number of rotatable bonds is 29. The third-order valence-corrected chi connectivity index (χ3v) is 15.6. The van der Waals surface area contributed by atoms with Crippen LogP contribution in [0, 0.1) is 0 Å². The van der Waals surface area contributed by atoms with Crippen LogP contribution in [0.4, 0.5) is 17.6 Å². The number of carbonyl (C=O) groups excluding carboxylic acids is 4. The number of benzene rings is 8. The number of fused-ring (bicyclic) bond motifs is 4. The molecule has 4 N–H and O–H groups in total. The zero-order valence-corrected chi connectivity index (χ0v) is 54.1. The largest absolute Gasteiger partial charge is 0.493 e. The minimum atomic E-state index is -5.89. The van der Waals surface area contributed by atoms with Gasteiger partial charge < -0.3 is 37.9 Å². The van der Waals surface area contributed by atoms with E-state index < -0.39 is 106 Å². The van der Waals surface area contributed by atoms with Crippen LogP contribution in [-0.4, -0.2) is 144 Å². The lowest BCUT2D eigenvalue weighted by atomic mass is 10.0. The second-order valence-electron chi connectivity index (χ2n) is 19.6. The Kier molecular flexibility index (Phi) is 28.3. The molecule has 8 aromatic carbocycles. The van der Waals surface area contributed by atoms with Gasteiger partial charge in [-0.15, -0.1) is 0 Å². The molecule has 0 saturated heterocycles. The monoisotopic (exact) mass is 1430 g/mol. The number of halogens is 4. The predicted octanol–water partition coefficient (Wildman–Crippen LogP) is 11.1. The molecular formula is C65H62F4O24S4. The molecule has 0 aliphatic rings. The molecular weight excluding hydrogens is 1370 g/mol. The van der Waals surface area contributed by atoms with Crippen LogP contribution in [0.5, 0.6) is 23.0 Å². The quantitative estimate of drug-likeness (QED) is 0.00845. The van der Waals surface area contributed by atoms with Crippen LogP contribution in [-0.2, 0) is 78.6 Å². The SMILES string of the molecule is C=Cc1ccc2cc(OCCCOC(=O)CS(=O)(=O)O)ccc2c1.C=Cc1cccc2c(OCCCOC(=O)C(F)(F)S(=O)(=O)O)cccc12.C=Cc1cccc2c(OCCOC(=O)C(F)(F)S(=O)(=O)O)cccc12.C=Cc1cccc2c(OCOC(=O)CS(=O)(=O)O)cccc12. The van der Waals surface area contributed by atoms with Crippen molar-refractivity contribution in [1.82, 2.24) is 0 Å². The minimum Gasteiger partial charge on any atom is -0.493 e. The number of esters is 4. The van der Waals surface area contributed by atoms with Gasteiger partial charge in [0, 0.05) is 29.0 Å². The van der Waals surface area contributed by atoms with Crippen LogP contribution in [0.2, 0.25) is 0 Å². The van der Waals surface area contributed by atoms with Gasteiger partial charge in [-0.05, 0) is 85.6 Å². The molecule has 97 heavy (non-hydrogen) atoms. The summed E-state index contributed by atoms with van der Waals surface area (Å²) in [5, 5.41) is -2.78. The Hall–Kier alpha value is -9.80. The van der Waals surface area contributed by atoms with Crippen molar-refractivity contribution in [3.8, 4) is 23.0 Å². The Morgan fingerprint density at radius 1 is 0.392 bits per heavy atom. The van der Waals surface area contributed by atoms with Gasteiger partial charge in [0.1, 0.15) is 36.2 Å². The molecule has 0 saturated carbocycles. The van der Waals surface area contributed by atoms with Gasteiger partial charge in [-0.3, -0.25) is 27.8 Å². The third-order valence-electron chi connectivity index (χ3n) is 12.8. The molecule has 0 aromatic heterocycles. The molecule has 8 aromatic rings. The van der Waals surface area contributed by atoms with E-state index in [-0.39, 0.29) is 26.2 Å². The van der Waals surface area contributed by atoms with Crippen LogP contribution >= 0.6 is 0 Å². The van der Waals surface area contributed by atoms with E-state index in [2.05, 4.69) is 45.3 Å². The first-order valence-electron chi connectivity index (χ1n) is 28.0. The normalized spacial score (nSPS) is 11.6. The van der Waals surface area contributed by atoms with E-state index in [1.54, 1.807) is 72.8 Å². The molecule has 8 rings (SSSR count). The Labute approximate surface area is 553 Å². The number of carbonyl (C=O) groups is 4. The molecule has 0 bridgehead atoms. The fourth-order valence-electron chi connectivity index (χ4n) is 8.33. The summed E-state index contributed by atoms with van der Waals surface area (Å²) in [7, 11) is -20.5. The van der Waals surface area contributed by atoms with Gasteiger partial charge in [-0.2, -0.15) is 51.2 Å². The van der Waals surface area contributed by atoms with Crippen molar-refractivity contribution in [1.29, 1.82) is 0 Å². The molecule has 0 unspecified atom stereocenters. The van der Waals surface area contributed by atoms with Crippen LogP contribution in [0.25, 0.3) is 67.4 Å². The van der Waals surface area contributed by atoms with Crippen LogP contribution in [0.15, 0.2) is 172 Å². The molecule has 0 spiro atoms. The maximum absolute atomic E-state index is 13.0. The number of hydrogen-bond acceptors (Lipinski definition) is 20. The fourth-order valence-corrected chi connectivity index (χ4v) is 9.63. The smallest absolute Gasteiger partial charge is 0.465 e. The van der Waals surface area contributed by atoms with Crippen LogP contribution in [0.3, 0.4) is 0 Å². The van der Waals surface area contributed by atoms with Crippen molar-refractivity contribution in [3.63, 3.8) is 0 Å². The van der Waals surface area contributed by atoms with Crippen molar-refractivity contribution in [2.75, 3.05) is 57.9 Å². The molecule has 0 aliphatic heterocycles. The average Bonchev–Trinajstić information content (AvgIpc) is 0.844. The molecule has 518 valence electrons. The molecule has 24 nitrogen and oxygen atoms in total. The second-order valence-corrected chi connectivity index (χ2v) is 25.5. The van der Waals surface area contributed by atoms with Gasteiger partial charge in [0.15, 0.2) is 11.5 Å². The maximum Gasteiger partial charge on any atom is 0.465 e. The summed E-state index contributed by atoms with van der Waals surface area (Å²) in [6, 6.07) is 44.3. The second kappa shape index (κ2) is 35.3. The summed E-state index contributed by atoms with van der Waals surface area (Å²) in [5.74, 6) is -6.75. The first kappa shape index (κ1) is 77.9. The maximum atomic E-state index is 13.0. The van der Waals surface area contributed by atoms with Crippen molar-refractivity contribution >= 4 is 132 Å². The summed E-state index contributed by atoms with van der Waals surface area (Å²) in [5.41, 5.74) is 3.78. The predicted molar refractivity (Wildman–Crippen MR) is 352 cm³/mol. The van der Waals surface area contributed by atoms with E-state index in [1.165, 1.54) is 0 Å². The molecule has 0 amide bonds. The summed E-state index contributed by atoms with van der Waals surface area (Å²) >= 11 is 0. The summed E-state index contributed by atoms with van der Waals surface area (Å²) in [6.45, 7) is 13.4. The summed E-state index contributed by atoms with van der Waals surface area (Å²) in [6.07, 6.45) is 7.34. The van der Waals surface area contributed by atoms with Crippen molar-refractivity contribution in [2.24, 2.45) is 0 Å². The van der Waals surface area contributed by atoms with Gasteiger partial charge in [0.2, 0.25) is 6.79 Å². The van der Waals surface area contributed by atoms with Crippen LogP contribution < -0.4 is 18.9 Å². The molecule has 0 heterocycles. The molecule has 0 atom stereocenters. The van der Waals surface area contributed by atoms with Crippen LogP contribution in [0.1, 0.15) is 35.1 Å². The van der Waals surface area contributed by atoms with E-state index in [0.717, 1.165) is 65.3 Å². The molecule has 32 heteroatoms. The number of ether oxygens (including phenoxy) is 8. The fraction of sp³-hybridized carbons (Fsp3) is 0.200. The van der Waals surface area contributed by atoms with E-state index in [1.807, 2.05) is 97.1 Å². The van der Waals surface area contributed by atoms with Crippen molar-refractivity contribution in [3.05, 3.63) is 194 Å². The van der Waals surface area contributed by atoms with Gasteiger partial charge in [-0.25, -0.2) is 9.59 Å². The lowest BCUT2D eigenvalue weighted by Crippen LogP contribution is -2.39. The highest BCUT2D eigenvalue weighted by Crippen LogP contribution is 2.32. The van der Waals surface area contributed by atoms with E-state index in [9.17, 15) is 70.4 Å². The first-order chi connectivity index (χ1) is 45.6. The Morgan fingerprint density at radius 2 is 0.763 bits per heavy atom. The number of hydrogen-bond donors (Lipinski definition) is 4. The van der Waals surface area contributed by atoms with Crippen molar-refractivity contribution < 1.29 is 127 Å². The Balaban J connectivity index is 0.000000234. The number of alkyl halides is 4. The van der Waals surface area contributed by atoms with Crippen molar-refractivity contribution in [2.45, 2.75) is 23.4 Å². The summed E-state index contributed by atoms with van der Waals surface area (Å²) in [4.78, 5) is 44.3. The first-order valence-corrected chi connectivity index (χ1v) is 34.1. The topological polar surface area (TPSA) is 360 Å². The van der Waals surface area contributed by atoms with E-state index in [4.69, 9.17) is 37.2 Å². The Morgan fingerprint density at radius 3 is 1.20 bits per heavy atom. The van der Waals surface area contributed by atoms with Gasteiger partial charge in [-0.1, -0.05) is 160 Å². The van der Waals surface area contributed by atoms with E-state index in [0.29, 0.717) is 36.0 Å². The standard InChI is InChI=1S/C17H16F2O6S.C17H18O6S.C16H14F2O6S.C15H14O6S/c1-2-12-6-3-8-14-13(12)7-4-9-15(14)24-10-5-11-25-16(20)17(18,19)26(21,22)23;1-2-13-4-5-15-11-16(7-6-14(15)10-13)22-8-3-9-23-17(18)12-24(19,20)21;1-2-11-5-3-7-13-12(11)6-4-8-14(13)23-9-10-24-15(19)16(17,18)25(20,21)22;1-2-11-5-3-7-13-12(11)6-4-8-14(13)20-10-21-15(16)9-22(17,18)19/h2-4,6-9H,1,5,10-11H2,(H,21,22,23);2,4-7,10-11H,1,3,8-9,12H2,(H,19,20,21);2-8H,1,9-10H2,(H,20,21,22);2-8H,1,9-10H2,(H,17,18,19). The third kappa shape index (κ3) is 23.5. The van der Waals surface area contributed by atoms with Gasteiger partial charge >= 0.3 is 54.6 Å². The summed E-state index contributed by atoms with van der Waals surface area (Å²) < 4.78 is 209. The lowest BCUT2D eigenvalue weighted by Gasteiger charge is -2.13. The zero-order valence-electron chi connectivity index (χ0n) is 50.9. The molecule has 0 fully saturated rings. The van der Waals surface area contributed by atoms with Gasteiger partial charge in [0.25, 0.3) is 20.2 Å². The minimum absolute atomic E-state index is 0.0185. The van der Waals surface area contributed by atoms with E-state index >= 15 is 0 Å². The lowest BCUT2D eigenvalue weighted by molar-refractivity contribution is -0.162. The van der Waals surface area contributed by atoms with Gasteiger partial charge in [0.05, 0.1) is 26.4 Å². The highest BCUT2D eigenvalue weighted by atomic mass is 32.2. The molecule has 0 aliphatic carbocycles. The average molecular weight is 1430 g/mol.